The fourth-order valence-corrected chi connectivity index (χ4v) is 3.13. The number of rotatable bonds is 5. The van der Waals surface area contributed by atoms with Crippen LogP contribution in [0, 0.1) is 5.92 Å². The summed E-state index contributed by atoms with van der Waals surface area (Å²) in [4.78, 5) is 13.6. The van der Waals surface area contributed by atoms with Gasteiger partial charge in [0.05, 0.1) is 0 Å². The van der Waals surface area contributed by atoms with Crippen molar-refractivity contribution in [2.45, 2.75) is 19.4 Å². The molecule has 2 aromatic rings. The summed E-state index contributed by atoms with van der Waals surface area (Å²) in [6, 6.07) is 7.44. The molecule has 3 rings (SSSR count). The quantitative estimate of drug-likeness (QED) is 0.883. The predicted molar refractivity (Wildman–Crippen MR) is 78.3 cm³/mol. The largest absolute Gasteiger partial charge is 0.475 e. The number of furan rings is 1. The van der Waals surface area contributed by atoms with Crippen LogP contribution in [-0.2, 0) is 6.54 Å². The van der Waals surface area contributed by atoms with Crippen molar-refractivity contribution in [1.82, 2.24) is 4.90 Å². The summed E-state index contributed by atoms with van der Waals surface area (Å²) in [7, 11) is 0. The van der Waals surface area contributed by atoms with Crippen LogP contribution in [0.2, 0.25) is 0 Å². The SMILES string of the molecule is O=C(O)c1oc2ccccc2c1CN1CCC(CCO)C1. The van der Waals surface area contributed by atoms with Crippen LogP contribution in [0.5, 0.6) is 0 Å². The van der Waals surface area contributed by atoms with Gasteiger partial charge in [0.25, 0.3) is 0 Å². The van der Waals surface area contributed by atoms with Gasteiger partial charge in [0.1, 0.15) is 5.58 Å². The van der Waals surface area contributed by atoms with Gasteiger partial charge in [-0.05, 0) is 31.4 Å². The van der Waals surface area contributed by atoms with E-state index in [1.54, 1.807) is 6.07 Å². The number of benzene rings is 1. The fraction of sp³-hybridized carbons (Fsp3) is 0.438. The van der Waals surface area contributed by atoms with Crippen LogP contribution in [-0.4, -0.2) is 40.8 Å². The van der Waals surface area contributed by atoms with Crippen LogP contribution in [0.1, 0.15) is 29.0 Å². The van der Waals surface area contributed by atoms with Gasteiger partial charge in [0.2, 0.25) is 5.76 Å². The number of hydrogen-bond donors (Lipinski definition) is 2. The van der Waals surface area contributed by atoms with Crippen molar-refractivity contribution >= 4 is 16.9 Å². The number of nitrogens with zero attached hydrogens (tertiary/aromatic N) is 1. The Hall–Kier alpha value is -1.85. The molecule has 0 saturated carbocycles. The fourth-order valence-electron chi connectivity index (χ4n) is 3.13. The lowest BCUT2D eigenvalue weighted by Crippen LogP contribution is -2.21. The summed E-state index contributed by atoms with van der Waals surface area (Å²) < 4.78 is 5.48. The Labute approximate surface area is 122 Å². The molecule has 0 radical (unpaired) electrons. The van der Waals surface area contributed by atoms with E-state index in [9.17, 15) is 9.90 Å². The Morgan fingerprint density at radius 3 is 2.95 bits per heavy atom. The lowest BCUT2D eigenvalue weighted by Gasteiger charge is -2.15. The second kappa shape index (κ2) is 5.87. The second-order valence-electron chi connectivity index (χ2n) is 5.61. The molecule has 1 aromatic carbocycles. The number of aliphatic hydroxyl groups is 1. The number of carboxylic acids is 1. The van der Waals surface area contributed by atoms with Gasteiger partial charge >= 0.3 is 5.97 Å². The van der Waals surface area contributed by atoms with E-state index in [1.165, 1.54) is 0 Å². The average Bonchev–Trinajstić information content (AvgIpc) is 3.05. The normalized spacial score (nSPS) is 19.4. The van der Waals surface area contributed by atoms with E-state index < -0.39 is 5.97 Å². The number of aliphatic hydroxyl groups excluding tert-OH is 1. The first-order valence-electron chi connectivity index (χ1n) is 7.26. The molecule has 1 atom stereocenters. The number of para-hydroxylation sites is 1. The van der Waals surface area contributed by atoms with Crippen LogP contribution in [0.15, 0.2) is 28.7 Å². The van der Waals surface area contributed by atoms with Crippen molar-refractivity contribution in [2.24, 2.45) is 5.92 Å². The molecule has 0 amide bonds. The monoisotopic (exact) mass is 289 g/mol. The number of aromatic carboxylic acids is 1. The first-order valence-corrected chi connectivity index (χ1v) is 7.26. The van der Waals surface area contributed by atoms with Gasteiger partial charge in [-0.15, -0.1) is 0 Å². The third-order valence-corrected chi connectivity index (χ3v) is 4.18. The van der Waals surface area contributed by atoms with Crippen LogP contribution in [0.4, 0.5) is 0 Å². The molecule has 112 valence electrons. The maximum Gasteiger partial charge on any atom is 0.372 e. The molecule has 0 bridgehead atoms. The molecule has 1 aliphatic rings. The minimum Gasteiger partial charge on any atom is -0.475 e. The van der Waals surface area contributed by atoms with Crippen molar-refractivity contribution in [3.8, 4) is 0 Å². The first kappa shape index (κ1) is 14.1. The molecule has 1 saturated heterocycles. The summed E-state index contributed by atoms with van der Waals surface area (Å²) in [5.74, 6) is -0.476. The van der Waals surface area contributed by atoms with Crippen molar-refractivity contribution in [1.29, 1.82) is 0 Å². The zero-order valence-corrected chi connectivity index (χ0v) is 11.8. The Morgan fingerprint density at radius 2 is 2.19 bits per heavy atom. The summed E-state index contributed by atoms with van der Waals surface area (Å²) in [6.07, 6.45) is 1.87. The number of carboxylic acid groups (broad SMARTS) is 1. The van der Waals surface area contributed by atoms with E-state index >= 15 is 0 Å². The molecule has 2 N–H and O–H groups in total. The molecule has 5 heteroatoms. The van der Waals surface area contributed by atoms with Crippen molar-refractivity contribution in [2.75, 3.05) is 19.7 Å². The maximum atomic E-state index is 11.4. The molecule has 0 aliphatic carbocycles. The van der Waals surface area contributed by atoms with Crippen LogP contribution >= 0.6 is 0 Å². The number of likely N-dealkylation sites (tertiary alicyclic amines) is 1. The average molecular weight is 289 g/mol. The molecule has 1 fully saturated rings. The van der Waals surface area contributed by atoms with Crippen molar-refractivity contribution in [3.05, 3.63) is 35.6 Å². The van der Waals surface area contributed by atoms with Gasteiger partial charge in [-0.1, -0.05) is 18.2 Å². The Kier molecular flexibility index (Phi) is 3.94. The number of carbonyl (C=O) groups is 1. The van der Waals surface area contributed by atoms with Crippen LogP contribution < -0.4 is 0 Å². The third kappa shape index (κ3) is 2.80. The van der Waals surface area contributed by atoms with Gasteiger partial charge in [-0.25, -0.2) is 4.79 Å². The highest BCUT2D eigenvalue weighted by atomic mass is 16.4. The van der Waals surface area contributed by atoms with Crippen LogP contribution in [0.25, 0.3) is 11.0 Å². The number of fused-ring (bicyclic) bond motifs is 1. The van der Waals surface area contributed by atoms with E-state index in [4.69, 9.17) is 9.52 Å². The van der Waals surface area contributed by atoms with Crippen LogP contribution in [0.3, 0.4) is 0 Å². The topological polar surface area (TPSA) is 73.9 Å². The Morgan fingerprint density at radius 1 is 1.38 bits per heavy atom. The van der Waals surface area contributed by atoms with E-state index in [0.717, 1.165) is 36.9 Å². The van der Waals surface area contributed by atoms with E-state index in [2.05, 4.69) is 4.90 Å². The molecule has 21 heavy (non-hydrogen) atoms. The lowest BCUT2D eigenvalue weighted by molar-refractivity contribution is 0.0662. The Bertz CT molecular complexity index is 649. The summed E-state index contributed by atoms with van der Waals surface area (Å²) in [5, 5.41) is 19.2. The molecule has 5 nitrogen and oxygen atoms in total. The van der Waals surface area contributed by atoms with E-state index in [0.29, 0.717) is 18.0 Å². The van der Waals surface area contributed by atoms with E-state index in [-0.39, 0.29) is 12.4 Å². The minimum absolute atomic E-state index is 0.0433. The summed E-state index contributed by atoms with van der Waals surface area (Å²) >= 11 is 0. The zero-order chi connectivity index (χ0) is 14.8. The third-order valence-electron chi connectivity index (χ3n) is 4.18. The summed E-state index contributed by atoms with van der Waals surface area (Å²) in [6.45, 7) is 2.64. The van der Waals surface area contributed by atoms with Crippen molar-refractivity contribution in [3.63, 3.8) is 0 Å². The summed E-state index contributed by atoms with van der Waals surface area (Å²) in [5.41, 5.74) is 1.37. The molecule has 2 heterocycles. The zero-order valence-electron chi connectivity index (χ0n) is 11.8. The molecule has 0 spiro atoms. The highest BCUT2D eigenvalue weighted by molar-refractivity contribution is 5.95. The smallest absolute Gasteiger partial charge is 0.372 e. The lowest BCUT2D eigenvalue weighted by atomic mass is 10.1. The van der Waals surface area contributed by atoms with Gasteiger partial charge in [-0.3, -0.25) is 4.90 Å². The minimum atomic E-state index is -1.02. The van der Waals surface area contributed by atoms with Gasteiger partial charge < -0.3 is 14.6 Å². The van der Waals surface area contributed by atoms with Gasteiger partial charge in [0, 0.05) is 30.6 Å². The molecule has 1 unspecified atom stereocenters. The van der Waals surface area contributed by atoms with Gasteiger partial charge in [0.15, 0.2) is 0 Å². The highest BCUT2D eigenvalue weighted by Crippen LogP contribution is 2.29. The van der Waals surface area contributed by atoms with Gasteiger partial charge in [-0.2, -0.15) is 0 Å². The highest BCUT2D eigenvalue weighted by Gasteiger charge is 2.26. The molecular weight excluding hydrogens is 270 g/mol. The van der Waals surface area contributed by atoms with E-state index in [1.807, 2.05) is 18.2 Å². The molecular formula is C16H19NO4. The standard InChI is InChI=1S/C16H19NO4/c18-8-6-11-5-7-17(9-11)10-13-12-3-1-2-4-14(12)21-15(13)16(19)20/h1-4,11,18H,5-10H2,(H,19,20). The number of hydrogen-bond acceptors (Lipinski definition) is 4. The maximum absolute atomic E-state index is 11.4. The second-order valence-corrected chi connectivity index (χ2v) is 5.61. The predicted octanol–water partition coefficient (Wildman–Crippen LogP) is 2.34. The van der Waals surface area contributed by atoms with Crippen molar-refractivity contribution < 1.29 is 19.4 Å². The molecule has 1 aliphatic heterocycles. The Balaban J connectivity index is 1.86. The first-order chi connectivity index (χ1) is 10.2. The molecule has 1 aromatic heterocycles.